The third-order valence-corrected chi connectivity index (χ3v) is 1.60. The molecule has 0 aromatic carbocycles. The van der Waals surface area contributed by atoms with E-state index in [2.05, 4.69) is 14.2 Å². The maximum absolute atomic E-state index is 11.0. The smallest absolute Gasteiger partial charge is 0.374 e. The second-order valence-corrected chi connectivity index (χ2v) is 3.17. The maximum atomic E-state index is 11.0. The van der Waals surface area contributed by atoms with Crippen molar-refractivity contribution in [2.24, 2.45) is 0 Å². The summed E-state index contributed by atoms with van der Waals surface area (Å²) in [5, 5.41) is 0. The van der Waals surface area contributed by atoms with Gasteiger partial charge in [0.25, 0.3) is 6.47 Å². The molecule has 0 saturated heterocycles. The van der Waals surface area contributed by atoms with Gasteiger partial charge in [-0.2, -0.15) is 0 Å². The van der Waals surface area contributed by atoms with Gasteiger partial charge in [0, 0.05) is 13.8 Å². The zero-order valence-electron chi connectivity index (χ0n) is 9.83. The van der Waals surface area contributed by atoms with Gasteiger partial charge in [-0.3, -0.25) is 14.4 Å². The first kappa shape index (κ1) is 15.8. The number of carbonyl (C=O) groups excluding carboxylic acids is 5. The van der Waals surface area contributed by atoms with Crippen molar-refractivity contribution in [1.29, 1.82) is 0 Å². The summed E-state index contributed by atoms with van der Waals surface area (Å²) in [5.41, 5.74) is 0. The van der Waals surface area contributed by atoms with Crippen LogP contribution in [0.1, 0.15) is 13.8 Å². The van der Waals surface area contributed by atoms with Gasteiger partial charge in [0.2, 0.25) is 11.6 Å². The zero-order valence-corrected chi connectivity index (χ0v) is 9.83. The molecule has 0 aliphatic carbocycles. The third kappa shape index (κ3) is 6.36. The summed E-state index contributed by atoms with van der Waals surface area (Å²) in [4.78, 5) is 53.0. The Labute approximate surface area is 102 Å². The molecule has 0 spiro atoms. The van der Waals surface area contributed by atoms with Crippen molar-refractivity contribution in [3.63, 3.8) is 0 Å². The van der Waals surface area contributed by atoms with Gasteiger partial charge < -0.3 is 14.2 Å². The SMILES string of the molecule is CC(=O)C(=O)OCC(COC=O)OC(=O)C(C)=O. The van der Waals surface area contributed by atoms with Crippen molar-refractivity contribution >= 4 is 30.0 Å². The van der Waals surface area contributed by atoms with E-state index in [1.165, 1.54) is 0 Å². The molecule has 100 valence electrons. The molecule has 1 unspecified atom stereocenters. The van der Waals surface area contributed by atoms with Crippen molar-refractivity contribution in [3.05, 3.63) is 0 Å². The summed E-state index contributed by atoms with van der Waals surface area (Å²) < 4.78 is 13.4. The fraction of sp³-hybridized carbons (Fsp3) is 0.500. The minimum absolute atomic E-state index is 0.0986. The number of rotatable bonds is 8. The Kier molecular flexibility index (Phi) is 6.94. The minimum atomic E-state index is -1.16. The summed E-state index contributed by atoms with van der Waals surface area (Å²) in [6, 6.07) is 0. The van der Waals surface area contributed by atoms with Crippen LogP contribution in [0.4, 0.5) is 0 Å². The van der Waals surface area contributed by atoms with E-state index in [9.17, 15) is 24.0 Å². The fourth-order valence-electron chi connectivity index (χ4n) is 0.767. The van der Waals surface area contributed by atoms with E-state index in [0.29, 0.717) is 0 Å². The number of esters is 2. The number of hydrogen-bond donors (Lipinski definition) is 0. The van der Waals surface area contributed by atoms with Crippen molar-refractivity contribution in [1.82, 2.24) is 0 Å². The van der Waals surface area contributed by atoms with Crippen molar-refractivity contribution in [3.8, 4) is 0 Å². The number of ether oxygens (including phenoxy) is 3. The normalized spacial score (nSPS) is 11.0. The van der Waals surface area contributed by atoms with E-state index >= 15 is 0 Å². The van der Waals surface area contributed by atoms with E-state index in [1.54, 1.807) is 0 Å². The molecule has 0 N–H and O–H groups in total. The fourth-order valence-corrected chi connectivity index (χ4v) is 0.767. The Morgan fingerprint density at radius 3 is 2.00 bits per heavy atom. The topological polar surface area (TPSA) is 113 Å². The van der Waals surface area contributed by atoms with Gasteiger partial charge in [-0.05, 0) is 0 Å². The van der Waals surface area contributed by atoms with Gasteiger partial charge in [0.05, 0.1) is 0 Å². The van der Waals surface area contributed by atoms with Gasteiger partial charge in [-0.15, -0.1) is 0 Å². The third-order valence-electron chi connectivity index (χ3n) is 1.60. The van der Waals surface area contributed by atoms with Gasteiger partial charge in [0.15, 0.2) is 6.10 Å². The number of Topliss-reactive ketones (excluding diaryl/α,β-unsaturated/α-hetero) is 2. The van der Waals surface area contributed by atoms with Crippen molar-refractivity contribution < 1.29 is 38.2 Å². The van der Waals surface area contributed by atoms with Crippen LogP contribution in [0.5, 0.6) is 0 Å². The molecule has 0 heterocycles. The monoisotopic (exact) mass is 260 g/mol. The summed E-state index contributed by atoms with van der Waals surface area (Å²) in [7, 11) is 0. The van der Waals surface area contributed by atoms with Crippen LogP contribution >= 0.6 is 0 Å². The molecule has 0 aromatic rings. The van der Waals surface area contributed by atoms with E-state index in [-0.39, 0.29) is 6.47 Å². The first-order valence-corrected chi connectivity index (χ1v) is 4.83. The molecule has 0 rings (SSSR count). The Morgan fingerprint density at radius 2 is 1.56 bits per heavy atom. The summed E-state index contributed by atoms with van der Waals surface area (Å²) in [6.45, 7) is 1.20. The highest BCUT2D eigenvalue weighted by Gasteiger charge is 2.21. The molecule has 1 atom stereocenters. The molecular formula is C10H12O8. The van der Waals surface area contributed by atoms with E-state index < -0.39 is 42.8 Å². The molecular weight excluding hydrogens is 248 g/mol. The van der Waals surface area contributed by atoms with Gasteiger partial charge in [-0.1, -0.05) is 0 Å². The lowest BCUT2D eigenvalue weighted by atomic mass is 10.4. The highest BCUT2D eigenvalue weighted by molar-refractivity contribution is 6.33. The van der Waals surface area contributed by atoms with Crippen molar-refractivity contribution in [2.75, 3.05) is 13.2 Å². The average molecular weight is 260 g/mol. The number of ketones is 2. The minimum Gasteiger partial charge on any atom is -0.464 e. The molecule has 0 aliphatic rings. The van der Waals surface area contributed by atoms with Crippen LogP contribution in [0.3, 0.4) is 0 Å². The molecule has 0 aliphatic heterocycles. The quantitative estimate of drug-likeness (QED) is 0.231. The second-order valence-electron chi connectivity index (χ2n) is 3.17. The van der Waals surface area contributed by atoms with Crippen LogP contribution in [0.2, 0.25) is 0 Å². The van der Waals surface area contributed by atoms with Gasteiger partial charge >= 0.3 is 11.9 Å². The highest BCUT2D eigenvalue weighted by atomic mass is 16.6. The highest BCUT2D eigenvalue weighted by Crippen LogP contribution is 1.97. The Bertz CT molecular complexity index is 359. The van der Waals surface area contributed by atoms with Crippen LogP contribution in [0.15, 0.2) is 0 Å². The average Bonchev–Trinajstić information content (AvgIpc) is 2.31. The maximum Gasteiger partial charge on any atom is 0.374 e. The number of hydrogen-bond acceptors (Lipinski definition) is 8. The van der Waals surface area contributed by atoms with Gasteiger partial charge in [-0.25, -0.2) is 9.59 Å². The summed E-state index contributed by atoms with van der Waals surface area (Å²) in [6.07, 6.45) is -1.14. The molecule has 0 saturated carbocycles. The van der Waals surface area contributed by atoms with Crippen LogP contribution in [-0.4, -0.2) is 49.3 Å². The standard InChI is InChI=1S/C10H12O8/c1-6(12)9(14)17-4-8(3-16-5-11)18-10(15)7(2)13/h5,8H,3-4H2,1-2H3. The van der Waals surface area contributed by atoms with Crippen LogP contribution < -0.4 is 0 Å². The largest absolute Gasteiger partial charge is 0.464 e. The van der Waals surface area contributed by atoms with Gasteiger partial charge in [0.1, 0.15) is 13.2 Å². The number of carbonyl (C=O) groups is 5. The molecule has 8 heteroatoms. The molecule has 0 aromatic heterocycles. The Morgan fingerprint density at radius 1 is 1.00 bits per heavy atom. The Hall–Kier alpha value is -2.25. The van der Waals surface area contributed by atoms with E-state index in [4.69, 9.17) is 0 Å². The summed E-state index contributed by atoms with van der Waals surface area (Å²) >= 11 is 0. The molecule has 0 bridgehead atoms. The first-order chi connectivity index (χ1) is 8.38. The van der Waals surface area contributed by atoms with Crippen LogP contribution in [-0.2, 0) is 38.2 Å². The molecule has 0 amide bonds. The lowest BCUT2D eigenvalue weighted by molar-refractivity contribution is -0.168. The lowest BCUT2D eigenvalue weighted by Gasteiger charge is -2.15. The molecule has 18 heavy (non-hydrogen) atoms. The molecule has 0 radical (unpaired) electrons. The molecule has 0 fully saturated rings. The second kappa shape index (κ2) is 7.93. The first-order valence-electron chi connectivity index (χ1n) is 4.83. The van der Waals surface area contributed by atoms with Crippen molar-refractivity contribution in [2.45, 2.75) is 20.0 Å². The molecule has 8 nitrogen and oxygen atoms in total. The van der Waals surface area contributed by atoms with E-state index in [0.717, 1.165) is 13.8 Å². The van der Waals surface area contributed by atoms with E-state index in [1.807, 2.05) is 0 Å². The lowest BCUT2D eigenvalue weighted by Crippen LogP contribution is -2.32. The zero-order chi connectivity index (χ0) is 14.1. The predicted molar refractivity (Wildman–Crippen MR) is 54.2 cm³/mol. The van der Waals surface area contributed by atoms with Crippen LogP contribution in [0.25, 0.3) is 0 Å². The Balaban J connectivity index is 4.34. The summed E-state index contributed by atoms with van der Waals surface area (Å²) in [5.74, 6) is -3.97. The van der Waals surface area contributed by atoms with Crippen LogP contribution in [0, 0.1) is 0 Å². The predicted octanol–water partition coefficient (Wildman–Crippen LogP) is -1.21.